The number of hydrogen-bond acceptors (Lipinski definition) is 5. The normalized spacial score (nSPS) is 15.3. The van der Waals surface area contributed by atoms with E-state index in [4.69, 9.17) is 5.73 Å². The third-order valence-electron chi connectivity index (χ3n) is 4.30. The first-order chi connectivity index (χ1) is 12.1. The maximum absolute atomic E-state index is 12.3. The van der Waals surface area contributed by atoms with Gasteiger partial charge in [-0.3, -0.25) is 9.59 Å². The van der Waals surface area contributed by atoms with E-state index >= 15 is 0 Å². The van der Waals surface area contributed by atoms with Gasteiger partial charge in [-0.1, -0.05) is 30.3 Å². The van der Waals surface area contributed by atoms with Crippen LogP contribution in [0.15, 0.2) is 35.7 Å². The van der Waals surface area contributed by atoms with Crippen molar-refractivity contribution in [2.24, 2.45) is 11.7 Å². The molecule has 1 fully saturated rings. The van der Waals surface area contributed by atoms with Gasteiger partial charge in [0, 0.05) is 35.7 Å². The number of thiazole rings is 1. The molecule has 2 aromatic rings. The predicted octanol–water partition coefficient (Wildman–Crippen LogP) is 2.77. The molecule has 2 N–H and O–H groups in total. The molecule has 2 heterocycles. The van der Waals surface area contributed by atoms with E-state index in [1.807, 2.05) is 23.1 Å². The van der Waals surface area contributed by atoms with Crippen LogP contribution < -0.4 is 5.73 Å². The van der Waals surface area contributed by atoms with Crippen molar-refractivity contribution in [2.45, 2.75) is 18.6 Å². The van der Waals surface area contributed by atoms with Crippen molar-refractivity contribution >= 4 is 34.9 Å². The summed E-state index contributed by atoms with van der Waals surface area (Å²) in [5.41, 5.74) is 7.46. The van der Waals surface area contributed by atoms with Gasteiger partial charge in [-0.25, -0.2) is 4.98 Å². The Labute approximate surface area is 155 Å². The highest BCUT2D eigenvalue weighted by molar-refractivity contribution is 7.99. The van der Waals surface area contributed by atoms with E-state index in [0.29, 0.717) is 31.7 Å². The molecule has 1 aromatic carbocycles. The van der Waals surface area contributed by atoms with Crippen LogP contribution in [0, 0.1) is 5.92 Å². The highest BCUT2D eigenvalue weighted by Crippen LogP contribution is 2.25. The molecular weight excluding hydrogens is 354 g/mol. The number of nitrogens with zero attached hydrogens (tertiary/aromatic N) is 2. The standard InChI is InChI=1S/C18H21N3O2S2/c19-17(23)13-6-8-21(9-7-13)16(22)12-24-10-15-11-25-18(20-15)14-4-2-1-3-5-14/h1-5,11,13H,6-10,12H2,(H2,19,23). The number of carbonyl (C=O) groups is 2. The zero-order chi connectivity index (χ0) is 17.6. The van der Waals surface area contributed by atoms with E-state index in [2.05, 4.69) is 22.5 Å². The van der Waals surface area contributed by atoms with Crippen LogP contribution in [0.4, 0.5) is 0 Å². The first-order valence-corrected chi connectivity index (χ1v) is 10.3. The average molecular weight is 376 g/mol. The second-order valence-electron chi connectivity index (χ2n) is 6.06. The Morgan fingerprint density at radius 3 is 2.64 bits per heavy atom. The van der Waals surface area contributed by atoms with E-state index in [1.165, 1.54) is 0 Å². The molecule has 25 heavy (non-hydrogen) atoms. The van der Waals surface area contributed by atoms with Gasteiger partial charge in [-0.15, -0.1) is 23.1 Å². The molecule has 1 aromatic heterocycles. The van der Waals surface area contributed by atoms with Gasteiger partial charge in [0.2, 0.25) is 11.8 Å². The molecule has 1 saturated heterocycles. The van der Waals surface area contributed by atoms with Crippen LogP contribution in [0.3, 0.4) is 0 Å². The molecule has 3 rings (SSSR count). The summed E-state index contributed by atoms with van der Waals surface area (Å²) in [6.45, 7) is 1.25. The Hall–Kier alpha value is -1.86. The van der Waals surface area contributed by atoms with Gasteiger partial charge in [-0.2, -0.15) is 0 Å². The number of piperidine rings is 1. The molecule has 0 saturated carbocycles. The molecule has 132 valence electrons. The fourth-order valence-corrected chi connectivity index (χ4v) is 4.58. The fraction of sp³-hybridized carbons (Fsp3) is 0.389. The monoisotopic (exact) mass is 375 g/mol. The van der Waals surface area contributed by atoms with Crippen LogP contribution in [0.2, 0.25) is 0 Å². The van der Waals surface area contributed by atoms with Crippen molar-refractivity contribution in [1.29, 1.82) is 0 Å². The number of benzene rings is 1. The summed E-state index contributed by atoms with van der Waals surface area (Å²) >= 11 is 3.21. The van der Waals surface area contributed by atoms with Crippen LogP contribution in [0.5, 0.6) is 0 Å². The smallest absolute Gasteiger partial charge is 0.232 e. The summed E-state index contributed by atoms with van der Waals surface area (Å²) in [5, 5.41) is 3.06. The highest BCUT2D eigenvalue weighted by atomic mass is 32.2. The quantitative estimate of drug-likeness (QED) is 0.842. The second kappa shape index (κ2) is 8.49. The number of aromatic nitrogens is 1. The molecule has 1 aliphatic heterocycles. The fourth-order valence-electron chi connectivity index (χ4n) is 2.83. The number of amides is 2. The molecule has 0 unspecified atom stereocenters. The van der Waals surface area contributed by atoms with Gasteiger partial charge in [0.15, 0.2) is 0 Å². The summed E-state index contributed by atoms with van der Waals surface area (Å²) in [6, 6.07) is 10.1. The Kier molecular flexibility index (Phi) is 6.09. The van der Waals surface area contributed by atoms with Gasteiger partial charge in [0.05, 0.1) is 11.4 Å². The largest absolute Gasteiger partial charge is 0.369 e. The van der Waals surface area contributed by atoms with Crippen LogP contribution >= 0.6 is 23.1 Å². The first kappa shape index (κ1) is 17.9. The van der Waals surface area contributed by atoms with E-state index in [9.17, 15) is 9.59 Å². The first-order valence-electron chi connectivity index (χ1n) is 8.28. The van der Waals surface area contributed by atoms with Gasteiger partial charge >= 0.3 is 0 Å². The van der Waals surface area contributed by atoms with Crippen molar-refractivity contribution in [1.82, 2.24) is 9.88 Å². The number of hydrogen-bond donors (Lipinski definition) is 1. The van der Waals surface area contributed by atoms with Gasteiger partial charge < -0.3 is 10.6 Å². The molecule has 0 aliphatic carbocycles. The summed E-state index contributed by atoms with van der Waals surface area (Å²) in [7, 11) is 0. The Balaban J connectivity index is 1.43. The summed E-state index contributed by atoms with van der Waals surface area (Å²) in [5.74, 6) is 0.973. The minimum atomic E-state index is -0.251. The minimum Gasteiger partial charge on any atom is -0.369 e. The molecule has 2 amide bonds. The summed E-state index contributed by atoms with van der Waals surface area (Å²) in [4.78, 5) is 29.9. The van der Waals surface area contributed by atoms with E-state index in [1.54, 1.807) is 23.1 Å². The van der Waals surface area contributed by atoms with Crippen molar-refractivity contribution in [3.8, 4) is 10.6 Å². The number of carbonyl (C=O) groups excluding carboxylic acids is 2. The lowest BCUT2D eigenvalue weighted by Crippen LogP contribution is -2.42. The minimum absolute atomic E-state index is 0.0804. The number of nitrogens with two attached hydrogens (primary N) is 1. The Bertz CT molecular complexity index is 725. The molecular formula is C18H21N3O2S2. The van der Waals surface area contributed by atoms with Crippen molar-refractivity contribution in [2.75, 3.05) is 18.8 Å². The van der Waals surface area contributed by atoms with E-state index < -0.39 is 0 Å². The van der Waals surface area contributed by atoms with Crippen LogP contribution in [-0.2, 0) is 15.3 Å². The molecule has 0 spiro atoms. The third-order valence-corrected chi connectivity index (χ3v) is 6.19. The van der Waals surface area contributed by atoms with Crippen molar-refractivity contribution in [3.05, 3.63) is 41.4 Å². The van der Waals surface area contributed by atoms with E-state index in [-0.39, 0.29) is 17.7 Å². The molecule has 0 bridgehead atoms. The molecule has 7 heteroatoms. The predicted molar refractivity (Wildman–Crippen MR) is 102 cm³/mol. The zero-order valence-corrected chi connectivity index (χ0v) is 15.5. The molecule has 0 radical (unpaired) electrons. The van der Waals surface area contributed by atoms with Crippen LogP contribution in [-0.4, -0.2) is 40.5 Å². The Morgan fingerprint density at radius 1 is 1.24 bits per heavy atom. The second-order valence-corrected chi connectivity index (χ2v) is 7.90. The van der Waals surface area contributed by atoms with Gasteiger partial charge in [0.1, 0.15) is 5.01 Å². The lowest BCUT2D eigenvalue weighted by Gasteiger charge is -2.30. The average Bonchev–Trinajstić information content (AvgIpc) is 3.11. The lowest BCUT2D eigenvalue weighted by atomic mass is 9.96. The molecule has 1 aliphatic rings. The third kappa shape index (κ3) is 4.83. The summed E-state index contributed by atoms with van der Waals surface area (Å²) < 4.78 is 0. The van der Waals surface area contributed by atoms with Crippen molar-refractivity contribution in [3.63, 3.8) is 0 Å². The molecule has 5 nitrogen and oxygen atoms in total. The Morgan fingerprint density at radius 2 is 1.96 bits per heavy atom. The topological polar surface area (TPSA) is 76.3 Å². The maximum atomic E-state index is 12.3. The number of rotatable bonds is 6. The zero-order valence-electron chi connectivity index (χ0n) is 13.9. The number of primary amides is 1. The SMILES string of the molecule is NC(=O)C1CCN(C(=O)CSCc2csc(-c3ccccc3)n2)CC1. The van der Waals surface area contributed by atoms with Gasteiger partial charge in [0.25, 0.3) is 0 Å². The van der Waals surface area contributed by atoms with Crippen LogP contribution in [0.25, 0.3) is 10.6 Å². The van der Waals surface area contributed by atoms with E-state index in [0.717, 1.165) is 22.0 Å². The maximum Gasteiger partial charge on any atom is 0.232 e. The number of thioether (sulfide) groups is 1. The molecule has 0 atom stereocenters. The lowest BCUT2D eigenvalue weighted by molar-refractivity contribution is -0.132. The van der Waals surface area contributed by atoms with Crippen LogP contribution in [0.1, 0.15) is 18.5 Å². The van der Waals surface area contributed by atoms with Crippen molar-refractivity contribution < 1.29 is 9.59 Å². The highest BCUT2D eigenvalue weighted by Gasteiger charge is 2.25. The summed E-state index contributed by atoms with van der Waals surface area (Å²) in [6.07, 6.45) is 1.36. The van der Waals surface area contributed by atoms with Gasteiger partial charge in [-0.05, 0) is 12.8 Å². The number of likely N-dealkylation sites (tertiary alicyclic amines) is 1.